The second kappa shape index (κ2) is 11.0. The zero-order valence-corrected chi connectivity index (χ0v) is 22.8. The van der Waals surface area contributed by atoms with E-state index in [0.29, 0.717) is 32.1 Å². The normalized spacial score (nSPS) is 13.0. The van der Waals surface area contributed by atoms with E-state index in [0.717, 1.165) is 11.0 Å². The molecule has 0 aliphatic rings. The predicted octanol–water partition coefficient (Wildman–Crippen LogP) is 2.61. The molecule has 0 unspecified atom stereocenters. The van der Waals surface area contributed by atoms with Crippen molar-refractivity contribution in [1.82, 2.24) is 21.4 Å². The molecule has 2 heterocycles. The third-order valence-electron chi connectivity index (χ3n) is 4.56. The molecule has 0 radical (unpaired) electrons. The number of nitrogens with zero attached hydrogens (tertiary/aromatic N) is 4. The average Bonchev–Trinajstić information content (AvgIpc) is 3.25. The van der Waals surface area contributed by atoms with Crippen LogP contribution in [0.5, 0.6) is 11.5 Å². The van der Waals surface area contributed by atoms with Gasteiger partial charge in [0.2, 0.25) is 9.60 Å². The van der Waals surface area contributed by atoms with Crippen LogP contribution in [0.15, 0.2) is 46.6 Å². The molecule has 198 valence electrons. The number of fused-ring (bicyclic) bond motifs is 2. The Labute approximate surface area is 213 Å². The van der Waals surface area contributed by atoms with E-state index in [1.54, 1.807) is 12.1 Å². The van der Waals surface area contributed by atoms with Crippen molar-refractivity contribution < 1.29 is 34.3 Å². The van der Waals surface area contributed by atoms with Gasteiger partial charge in [0.15, 0.2) is 0 Å². The highest BCUT2D eigenvalue weighted by Gasteiger charge is 2.10. The summed E-state index contributed by atoms with van der Waals surface area (Å²) in [5.74, 6) is -0.191. The Morgan fingerprint density at radius 2 is 1.11 bits per heavy atom. The third-order valence-corrected chi connectivity index (χ3v) is 7.41. The first-order valence-corrected chi connectivity index (χ1v) is 13.9. The monoisotopic (exact) mass is 580 g/mol. The molecule has 36 heavy (non-hydrogen) atoms. The van der Waals surface area contributed by atoms with E-state index in [1.807, 2.05) is 23.0 Å². The maximum absolute atomic E-state index is 10.9. The standard InChI is InChI=1S/C18H18N4O8S4.2H3N/c1-3-21-13-7-5-11(29-33(23,24)25)9-15(13)31-17(21)19-20-18-22(4-2)14-8-6-12(10-16(14)32-18)30-34(26,27)28;;/h5-10H,3-4H2,1-2H3,(H,23,24,25)(H,26,27,28);2*1H3/b19-17-,20-18+;;. The lowest BCUT2D eigenvalue weighted by Gasteiger charge is -2.08. The summed E-state index contributed by atoms with van der Waals surface area (Å²) in [5, 5.41) is 8.75. The van der Waals surface area contributed by atoms with Crippen molar-refractivity contribution in [2.75, 3.05) is 0 Å². The molecule has 18 heteroatoms. The van der Waals surface area contributed by atoms with Crippen molar-refractivity contribution in [3.63, 3.8) is 0 Å². The Kier molecular flexibility index (Phi) is 9.02. The lowest BCUT2D eigenvalue weighted by Crippen LogP contribution is -2.16. The van der Waals surface area contributed by atoms with Crippen molar-refractivity contribution in [2.24, 2.45) is 10.2 Å². The number of aryl methyl sites for hydroxylation is 2. The third kappa shape index (κ3) is 6.48. The summed E-state index contributed by atoms with van der Waals surface area (Å²) < 4.78 is 79.2. The minimum atomic E-state index is -4.89. The molecular weight excluding hydrogens is 557 g/mol. The van der Waals surface area contributed by atoms with E-state index in [9.17, 15) is 25.9 Å². The number of thiazole rings is 2. The van der Waals surface area contributed by atoms with Crippen LogP contribution in [0.3, 0.4) is 0 Å². The van der Waals surface area contributed by atoms with Crippen LogP contribution < -0.4 is 30.3 Å². The number of quaternary nitrogens is 2. The molecule has 0 aliphatic heterocycles. The number of hydrogen-bond acceptors (Lipinski definition) is 12. The van der Waals surface area contributed by atoms with Gasteiger partial charge in [-0.15, -0.1) is 10.2 Å². The highest BCUT2D eigenvalue weighted by Crippen LogP contribution is 2.25. The summed E-state index contributed by atoms with van der Waals surface area (Å²) in [4.78, 5) is 1.06. The van der Waals surface area contributed by atoms with Gasteiger partial charge >= 0.3 is 0 Å². The fourth-order valence-electron chi connectivity index (χ4n) is 3.30. The molecular formula is C18H24N6O8S4. The van der Waals surface area contributed by atoms with Crippen molar-refractivity contribution in [3.8, 4) is 11.5 Å². The highest BCUT2D eigenvalue weighted by molar-refractivity contribution is 7.81. The van der Waals surface area contributed by atoms with Gasteiger partial charge in [-0.2, -0.15) is 0 Å². The van der Waals surface area contributed by atoms with Crippen molar-refractivity contribution in [3.05, 3.63) is 46.0 Å². The summed E-state index contributed by atoms with van der Waals surface area (Å²) in [6.45, 7) is 4.93. The maximum Gasteiger partial charge on any atom is 0.262 e. The molecule has 4 rings (SSSR count). The molecule has 0 saturated heterocycles. The van der Waals surface area contributed by atoms with Gasteiger partial charge in [0.1, 0.15) is 11.5 Å². The van der Waals surface area contributed by atoms with Gasteiger partial charge in [0.05, 0.1) is 20.4 Å². The van der Waals surface area contributed by atoms with Gasteiger partial charge in [0, 0.05) is 25.2 Å². The van der Waals surface area contributed by atoms with E-state index in [1.165, 1.54) is 46.9 Å². The summed E-state index contributed by atoms with van der Waals surface area (Å²) in [5.41, 5.74) is 1.52. The average molecular weight is 581 g/mol. The van der Waals surface area contributed by atoms with Crippen LogP contribution in [0.25, 0.3) is 20.4 Å². The quantitative estimate of drug-likeness (QED) is 0.186. The molecule has 0 amide bonds. The second-order valence-corrected chi connectivity index (χ2v) is 10.7. The summed E-state index contributed by atoms with van der Waals surface area (Å²) in [7, 11) is -9.78. The first kappa shape index (κ1) is 29.4. The number of benzene rings is 2. The molecule has 0 bridgehead atoms. The lowest BCUT2D eigenvalue weighted by atomic mass is 10.3. The fraction of sp³-hybridized carbons (Fsp3) is 0.222. The van der Waals surface area contributed by atoms with Crippen LogP contribution in [0.4, 0.5) is 0 Å². The zero-order chi connectivity index (χ0) is 24.7. The second-order valence-electron chi connectivity index (χ2n) is 6.70. The lowest BCUT2D eigenvalue weighted by molar-refractivity contribution is 0.370. The summed E-state index contributed by atoms with van der Waals surface area (Å²) >= 11 is 2.47. The minimum Gasteiger partial charge on any atom is -0.716 e. The van der Waals surface area contributed by atoms with E-state index >= 15 is 0 Å². The van der Waals surface area contributed by atoms with Crippen LogP contribution in [0.2, 0.25) is 0 Å². The number of aromatic nitrogens is 2. The molecule has 0 atom stereocenters. The molecule has 0 fully saturated rings. The Morgan fingerprint density at radius 3 is 1.42 bits per heavy atom. The Morgan fingerprint density at radius 1 is 0.750 bits per heavy atom. The van der Waals surface area contributed by atoms with Crippen LogP contribution in [0, 0.1) is 0 Å². The number of rotatable bonds is 7. The van der Waals surface area contributed by atoms with Gasteiger partial charge in [-0.25, -0.2) is 16.8 Å². The largest absolute Gasteiger partial charge is 0.716 e. The Balaban J connectivity index is 0.00000228. The van der Waals surface area contributed by atoms with Gasteiger partial charge in [-0.05, 0) is 38.1 Å². The molecule has 14 nitrogen and oxygen atoms in total. The summed E-state index contributed by atoms with van der Waals surface area (Å²) in [6, 6.07) is 8.92. The summed E-state index contributed by atoms with van der Waals surface area (Å²) in [6.07, 6.45) is 0. The molecule has 0 spiro atoms. The van der Waals surface area contributed by atoms with E-state index < -0.39 is 20.8 Å². The van der Waals surface area contributed by atoms with E-state index in [2.05, 4.69) is 18.6 Å². The fourth-order valence-corrected chi connectivity index (χ4v) is 6.12. The minimum absolute atomic E-state index is 0. The molecule has 2 aromatic heterocycles. The topological polar surface area (TPSA) is 240 Å². The number of hydrogen-bond donors (Lipinski definition) is 2. The smallest absolute Gasteiger partial charge is 0.262 e. The maximum atomic E-state index is 10.9. The molecule has 8 N–H and O–H groups in total. The van der Waals surface area contributed by atoms with Crippen LogP contribution in [0.1, 0.15) is 13.8 Å². The molecule has 0 saturated carbocycles. The van der Waals surface area contributed by atoms with Crippen molar-refractivity contribution in [2.45, 2.75) is 26.9 Å². The van der Waals surface area contributed by atoms with Gasteiger partial charge in [0.25, 0.3) is 20.8 Å². The first-order valence-electron chi connectivity index (χ1n) is 9.62. The van der Waals surface area contributed by atoms with E-state index in [-0.39, 0.29) is 23.8 Å². The SMILES string of the molecule is CCn1/c(=N/N=c2/sc3cc(OS(=O)(=O)[O-])ccc3n2CC)sc2cc(OS(=O)(=O)[O-])ccc21.[NH4+].[NH4+]. The predicted molar refractivity (Wildman–Crippen MR) is 135 cm³/mol. The van der Waals surface area contributed by atoms with Gasteiger partial charge in [-0.3, -0.25) is 0 Å². The van der Waals surface area contributed by atoms with Crippen molar-refractivity contribution in [1.29, 1.82) is 0 Å². The molecule has 4 aromatic rings. The van der Waals surface area contributed by atoms with Crippen LogP contribution in [-0.2, 0) is 33.9 Å². The van der Waals surface area contributed by atoms with Gasteiger partial charge < -0.3 is 38.9 Å². The van der Waals surface area contributed by atoms with E-state index in [4.69, 9.17) is 0 Å². The molecule has 0 aliphatic carbocycles. The zero-order valence-electron chi connectivity index (χ0n) is 19.6. The Hall–Kier alpha value is -2.84. The van der Waals surface area contributed by atoms with Crippen LogP contribution in [-0.4, -0.2) is 35.1 Å². The van der Waals surface area contributed by atoms with Gasteiger partial charge in [-0.1, -0.05) is 22.7 Å². The highest BCUT2D eigenvalue weighted by atomic mass is 32.3. The van der Waals surface area contributed by atoms with Crippen molar-refractivity contribution >= 4 is 63.9 Å². The Bertz CT molecular complexity index is 1620. The molecule has 2 aromatic carbocycles. The van der Waals surface area contributed by atoms with Crippen LogP contribution >= 0.6 is 22.7 Å². The first-order chi connectivity index (χ1) is 16.0.